The highest BCUT2D eigenvalue weighted by Gasteiger charge is 2.26. The third-order valence-corrected chi connectivity index (χ3v) is 8.03. The molecule has 0 radical (unpaired) electrons. The van der Waals surface area contributed by atoms with E-state index in [-0.39, 0.29) is 17.3 Å². The summed E-state index contributed by atoms with van der Waals surface area (Å²) in [5.41, 5.74) is 5.51. The van der Waals surface area contributed by atoms with E-state index in [1.165, 1.54) is 37.4 Å². The number of anilines is 1. The fourth-order valence-corrected chi connectivity index (χ4v) is 5.47. The quantitative estimate of drug-likeness (QED) is 0.176. The van der Waals surface area contributed by atoms with E-state index in [1.807, 2.05) is 72.8 Å². The maximum atomic E-state index is 13.6. The van der Waals surface area contributed by atoms with E-state index < -0.39 is 22.5 Å². The molecular weight excluding hydrogens is 552 g/mol. The van der Waals surface area contributed by atoms with Crippen molar-refractivity contribution < 1.29 is 22.7 Å². The van der Waals surface area contributed by atoms with Gasteiger partial charge in [-0.2, -0.15) is 9.41 Å². The minimum Gasteiger partial charge on any atom is -0.488 e. The van der Waals surface area contributed by atoms with Crippen molar-refractivity contribution in [1.82, 2.24) is 9.73 Å². The first-order valence-corrected chi connectivity index (χ1v) is 14.7. The molecule has 0 unspecified atom stereocenters. The van der Waals surface area contributed by atoms with Crippen molar-refractivity contribution in [2.24, 2.45) is 5.10 Å². The highest BCUT2D eigenvalue weighted by atomic mass is 32.2. The van der Waals surface area contributed by atoms with Crippen LogP contribution in [-0.2, 0) is 32.6 Å². The Labute approximate surface area is 245 Å². The van der Waals surface area contributed by atoms with Gasteiger partial charge in [0, 0.05) is 24.7 Å². The fraction of sp³-hybridized carbons (Fsp3) is 0.156. The minimum absolute atomic E-state index is 0.00505. The second kappa shape index (κ2) is 14.7. The van der Waals surface area contributed by atoms with Crippen LogP contribution in [0.2, 0.25) is 0 Å². The summed E-state index contributed by atoms with van der Waals surface area (Å²) < 4.78 is 34.2. The molecule has 2 amide bonds. The molecule has 0 saturated heterocycles. The molecule has 0 fully saturated rings. The number of benzene rings is 4. The number of nitrogens with one attached hydrogen (secondary N) is 2. The molecule has 216 valence electrons. The van der Waals surface area contributed by atoms with E-state index >= 15 is 0 Å². The molecule has 0 aliphatic carbocycles. The molecule has 10 heteroatoms. The van der Waals surface area contributed by atoms with Gasteiger partial charge in [0.05, 0.1) is 17.7 Å². The van der Waals surface area contributed by atoms with Crippen LogP contribution < -0.4 is 15.5 Å². The molecule has 0 aromatic heterocycles. The SMILES string of the molecule is CC(=O)Nc1ccc(S(=O)(=O)N(CCc2ccccc2)CC(=O)N/N=C/c2ccccc2OCc2ccccc2)cc1. The van der Waals surface area contributed by atoms with Crippen LogP contribution >= 0.6 is 0 Å². The Morgan fingerprint density at radius 3 is 2.12 bits per heavy atom. The number of carbonyl (C=O) groups is 2. The van der Waals surface area contributed by atoms with Gasteiger partial charge in [0.2, 0.25) is 15.9 Å². The number of hydrazone groups is 1. The first-order chi connectivity index (χ1) is 20.3. The Balaban J connectivity index is 1.44. The lowest BCUT2D eigenvalue weighted by atomic mass is 10.1. The molecule has 0 aliphatic rings. The predicted octanol–water partition coefficient (Wildman–Crippen LogP) is 4.61. The maximum Gasteiger partial charge on any atom is 0.255 e. The molecule has 0 aliphatic heterocycles. The number of hydrogen-bond donors (Lipinski definition) is 2. The summed E-state index contributed by atoms with van der Waals surface area (Å²) in [6.07, 6.45) is 1.87. The predicted molar refractivity (Wildman–Crippen MR) is 163 cm³/mol. The molecule has 4 rings (SSSR count). The van der Waals surface area contributed by atoms with E-state index in [0.29, 0.717) is 30.0 Å². The molecule has 9 nitrogen and oxygen atoms in total. The highest BCUT2D eigenvalue weighted by molar-refractivity contribution is 7.89. The summed E-state index contributed by atoms with van der Waals surface area (Å²) in [7, 11) is -4.04. The van der Waals surface area contributed by atoms with E-state index in [2.05, 4.69) is 15.8 Å². The molecule has 0 spiro atoms. The Kier molecular flexibility index (Phi) is 10.6. The van der Waals surface area contributed by atoms with Crippen molar-refractivity contribution in [3.05, 3.63) is 126 Å². The number of rotatable bonds is 13. The third-order valence-electron chi connectivity index (χ3n) is 6.17. The number of para-hydroxylation sites is 1. The monoisotopic (exact) mass is 584 g/mol. The second-order valence-electron chi connectivity index (χ2n) is 9.39. The summed E-state index contributed by atoms with van der Waals surface area (Å²) in [5.74, 6) is -0.271. The van der Waals surface area contributed by atoms with Gasteiger partial charge in [-0.15, -0.1) is 0 Å². The van der Waals surface area contributed by atoms with Crippen LogP contribution in [0.4, 0.5) is 5.69 Å². The van der Waals surface area contributed by atoms with Gasteiger partial charge in [0.1, 0.15) is 12.4 Å². The zero-order chi connectivity index (χ0) is 29.8. The van der Waals surface area contributed by atoms with Gasteiger partial charge in [-0.25, -0.2) is 13.8 Å². The summed E-state index contributed by atoms with van der Waals surface area (Å²) in [6.45, 7) is 1.38. The summed E-state index contributed by atoms with van der Waals surface area (Å²) in [4.78, 5) is 24.2. The second-order valence-corrected chi connectivity index (χ2v) is 11.3. The first kappa shape index (κ1) is 30.2. The van der Waals surface area contributed by atoms with Gasteiger partial charge in [0.15, 0.2) is 0 Å². The molecule has 42 heavy (non-hydrogen) atoms. The number of carbonyl (C=O) groups excluding carboxylic acids is 2. The number of amides is 2. The van der Waals surface area contributed by atoms with Crippen LogP contribution in [0.5, 0.6) is 5.75 Å². The number of hydrogen-bond acceptors (Lipinski definition) is 6. The van der Waals surface area contributed by atoms with Crippen molar-refractivity contribution in [2.75, 3.05) is 18.4 Å². The lowest BCUT2D eigenvalue weighted by molar-refractivity contribution is -0.121. The van der Waals surface area contributed by atoms with Crippen LogP contribution in [0.3, 0.4) is 0 Å². The Hall–Kier alpha value is -4.80. The number of nitrogens with zero attached hydrogens (tertiary/aromatic N) is 2. The van der Waals surface area contributed by atoms with E-state index in [1.54, 1.807) is 12.1 Å². The molecule has 0 bridgehead atoms. The molecule has 0 heterocycles. The molecular formula is C32H32N4O5S. The van der Waals surface area contributed by atoms with Gasteiger partial charge in [-0.3, -0.25) is 9.59 Å². The number of ether oxygens (including phenoxy) is 1. The van der Waals surface area contributed by atoms with Gasteiger partial charge in [-0.05, 0) is 53.9 Å². The van der Waals surface area contributed by atoms with Crippen molar-refractivity contribution in [3.8, 4) is 5.75 Å². The van der Waals surface area contributed by atoms with E-state index in [0.717, 1.165) is 15.4 Å². The molecule has 2 N–H and O–H groups in total. The average molecular weight is 585 g/mol. The van der Waals surface area contributed by atoms with Gasteiger partial charge in [0.25, 0.3) is 5.91 Å². The lowest BCUT2D eigenvalue weighted by Gasteiger charge is -2.21. The van der Waals surface area contributed by atoms with E-state index in [4.69, 9.17) is 4.74 Å². The summed E-state index contributed by atoms with van der Waals surface area (Å²) in [6, 6.07) is 32.2. The first-order valence-electron chi connectivity index (χ1n) is 13.3. The number of sulfonamides is 1. The normalized spacial score (nSPS) is 11.4. The van der Waals surface area contributed by atoms with Gasteiger partial charge in [-0.1, -0.05) is 72.8 Å². The topological polar surface area (TPSA) is 117 Å². The van der Waals surface area contributed by atoms with E-state index in [9.17, 15) is 18.0 Å². The average Bonchev–Trinajstić information content (AvgIpc) is 2.99. The molecule has 4 aromatic carbocycles. The fourth-order valence-electron chi connectivity index (χ4n) is 4.07. The van der Waals surface area contributed by atoms with Crippen molar-refractivity contribution in [1.29, 1.82) is 0 Å². The van der Waals surface area contributed by atoms with Crippen LogP contribution in [0.25, 0.3) is 0 Å². The standard InChI is InChI=1S/C32H32N4O5S/c1-25(37)34-29-16-18-30(19-17-29)42(39,40)36(21-20-26-10-4-2-5-11-26)23-32(38)35-33-22-28-14-8-9-15-31(28)41-24-27-12-6-3-7-13-27/h2-19,22H,20-21,23-24H2,1H3,(H,34,37)(H,35,38)/b33-22+. The smallest absolute Gasteiger partial charge is 0.255 e. The Bertz CT molecular complexity index is 1610. The van der Waals surface area contributed by atoms with Crippen LogP contribution in [0.1, 0.15) is 23.6 Å². The van der Waals surface area contributed by atoms with Gasteiger partial charge < -0.3 is 10.1 Å². The van der Waals surface area contributed by atoms with Crippen LogP contribution in [0.15, 0.2) is 119 Å². The maximum absolute atomic E-state index is 13.6. The Morgan fingerprint density at radius 2 is 1.45 bits per heavy atom. The minimum atomic E-state index is -4.04. The summed E-state index contributed by atoms with van der Waals surface area (Å²) >= 11 is 0. The van der Waals surface area contributed by atoms with Crippen molar-refractivity contribution >= 4 is 33.7 Å². The van der Waals surface area contributed by atoms with Crippen LogP contribution in [-0.4, -0.2) is 43.8 Å². The highest BCUT2D eigenvalue weighted by Crippen LogP contribution is 2.20. The molecule has 0 saturated carbocycles. The van der Waals surface area contributed by atoms with Crippen molar-refractivity contribution in [2.45, 2.75) is 24.8 Å². The Morgan fingerprint density at radius 1 is 0.833 bits per heavy atom. The molecule has 0 atom stereocenters. The molecule has 4 aromatic rings. The van der Waals surface area contributed by atoms with Crippen LogP contribution in [0, 0.1) is 0 Å². The van der Waals surface area contributed by atoms with Crippen molar-refractivity contribution in [3.63, 3.8) is 0 Å². The zero-order valence-electron chi connectivity index (χ0n) is 23.1. The largest absolute Gasteiger partial charge is 0.488 e. The third kappa shape index (κ3) is 8.85. The van der Waals surface area contributed by atoms with Gasteiger partial charge >= 0.3 is 0 Å². The summed E-state index contributed by atoms with van der Waals surface area (Å²) in [5, 5.41) is 6.67. The lowest BCUT2D eigenvalue weighted by Crippen LogP contribution is -2.40. The zero-order valence-corrected chi connectivity index (χ0v) is 24.0.